The summed E-state index contributed by atoms with van der Waals surface area (Å²) in [6.07, 6.45) is 3.26. The first-order chi connectivity index (χ1) is 13.4. The molecule has 0 radical (unpaired) electrons. The molecule has 2 saturated heterocycles. The van der Waals surface area contributed by atoms with Gasteiger partial charge in [-0.3, -0.25) is 4.90 Å². The smallest absolute Gasteiger partial charge is 0.191 e. The van der Waals surface area contributed by atoms with Crippen LogP contribution in [0.1, 0.15) is 44.2 Å². The molecule has 7 heteroatoms. The summed E-state index contributed by atoms with van der Waals surface area (Å²) in [6.45, 7) is 9.00. The van der Waals surface area contributed by atoms with Gasteiger partial charge in [-0.05, 0) is 49.8 Å². The van der Waals surface area contributed by atoms with E-state index in [1.165, 1.54) is 30.5 Å². The second-order valence-corrected chi connectivity index (χ2v) is 10.4. The first kappa shape index (κ1) is 21.1. The third kappa shape index (κ3) is 6.21. The van der Waals surface area contributed by atoms with Crippen molar-refractivity contribution in [2.45, 2.75) is 52.2 Å². The van der Waals surface area contributed by atoms with Crippen LogP contribution in [0.25, 0.3) is 0 Å². The first-order valence-electron chi connectivity index (χ1n) is 10.5. The fourth-order valence-electron chi connectivity index (χ4n) is 4.12. The van der Waals surface area contributed by atoms with Crippen molar-refractivity contribution in [2.75, 3.05) is 31.1 Å². The number of hydrogen-bond acceptors (Lipinski definition) is 4. The molecule has 6 nitrogen and oxygen atoms in total. The number of rotatable bonds is 6. The molecular formula is C21H34N4O2S. The van der Waals surface area contributed by atoms with Crippen molar-refractivity contribution in [1.82, 2.24) is 15.5 Å². The van der Waals surface area contributed by atoms with Crippen molar-refractivity contribution < 1.29 is 8.42 Å². The number of aliphatic imine (C=N–C) groups is 1. The van der Waals surface area contributed by atoms with Crippen LogP contribution in [0.5, 0.6) is 0 Å². The standard InChI is InChI=1S/C21H34N4O2S/c1-3-22-21(24-20-10-12-28(26,27)16-20)23-13-18-8-4-5-9-19(18)15-25-11-6-7-17(2)14-25/h4-5,8-9,17,20H,3,6-7,10-16H2,1-2H3,(H2,22,23,24). The Morgan fingerprint density at radius 1 is 1.25 bits per heavy atom. The molecular weight excluding hydrogens is 372 g/mol. The van der Waals surface area contributed by atoms with E-state index in [4.69, 9.17) is 4.99 Å². The predicted octanol–water partition coefficient (Wildman–Crippen LogP) is 2.16. The molecule has 156 valence electrons. The van der Waals surface area contributed by atoms with Gasteiger partial charge in [0.2, 0.25) is 0 Å². The number of nitrogens with one attached hydrogen (secondary N) is 2. The van der Waals surface area contributed by atoms with E-state index in [0.717, 1.165) is 25.6 Å². The summed E-state index contributed by atoms with van der Waals surface area (Å²) in [4.78, 5) is 7.29. The van der Waals surface area contributed by atoms with Gasteiger partial charge >= 0.3 is 0 Å². The molecule has 2 unspecified atom stereocenters. The lowest BCUT2D eigenvalue weighted by Crippen LogP contribution is -2.44. The predicted molar refractivity (Wildman–Crippen MR) is 115 cm³/mol. The van der Waals surface area contributed by atoms with Crippen LogP contribution >= 0.6 is 0 Å². The molecule has 3 rings (SSSR count). The molecule has 0 amide bonds. The molecule has 2 aliphatic rings. The molecule has 28 heavy (non-hydrogen) atoms. The molecule has 2 N–H and O–H groups in total. The van der Waals surface area contributed by atoms with E-state index in [1.807, 2.05) is 6.92 Å². The third-order valence-corrected chi connectivity index (χ3v) is 7.35. The Labute approximate surface area is 169 Å². The first-order valence-corrected chi connectivity index (χ1v) is 12.3. The zero-order valence-corrected chi connectivity index (χ0v) is 18.0. The van der Waals surface area contributed by atoms with Crippen LogP contribution in [-0.4, -0.2) is 56.5 Å². The van der Waals surface area contributed by atoms with Gasteiger partial charge < -0.3 is 10.6 Å². The summed E-state index contributed by atoms with van der Waals surface area (Å²) >= 11 is 0. The number of sulfone groups is 1. The van der Waals surface area contributed by atoms with E-state index in [1.54, 1.807) is 0 Å². The van der Waals surface area contributed by atoms with Crippen molar-refractivity contribution in [3.63, 3.8) is 0 Å². The van der Waals surface area contributed by atoms with Crippen LogP contribution in [0.2, 0.25) is 0 Å². The summed E-state index contributed by atoms with van der Waals surface area (Å²) < 4.78 is 23.4. The Morgan fingerprint density at radius 3 is 2.71 bits per heavy atom. The van der Waals surface area contributed by atoms with Crippen LogP contribution in [0.4, 0.5) is 0 Å². The molecule has 1 aromatic rings. The second-order valence-electron chi connectivity index (χ2n) is 8.19. The van der Waals surface area contributed by atoms with Gasteiger partial charge in [0, 0.05) is 25.7 Å². The van der Waals surface area contributed by atoms with Gasteiger partial charge in [0.1, 0.15) is 0 Å². The number of benzene rings is 1. The third-order valence-electron chi connectivity index (χ3n) is 5.58. The number of piperidine rings is 1. The lowest BCUT2D eigenvalue weighted by Gasteiger charge is -2.31. The van der Waals surface area contributed by atoms with Gasteiger partial charge in [0.25, 0.3) is 0 Å². The lowest BCUT2D eigenvalue weighted by molar-refractivity contribution is 0.176. The minimum absolute atomic E-state index is 0.0483. The zero-order chi connectivity index (χ0) is 20.0. The largest absolute Gasteiger partial charge is 0.357 e. The Morgan fingerprint density at radius 2 is 2.04 bits per heavy atom. The van der Waals surface area contributed by atoms with E-state index in [9.17, 15) is 8.42 Å². The van der Waals surface area contributed by atoms with E-state index in [0.29, 0.717) is 18.9 Å². The maximum Gasteiger partial charge on any atom is 0.191 e. The minimum Gasteiger partial charge on any atom is -0.357 e. The molecule has 0 spiro atoms. The average molecular weight is 407 g/mol. The Kier molecular flexibility index (Phi) is 7.35. The molecule has 0 bridgehead atoms. The van der Waals surface area contributed by atoms with Gasteiger partial charge in [0.15, 0.2) is 15.8 Å². The Balaban J connectivity index is 1.65. The summed E-state index contributed by atoms with van der Waals surface area (Å²) in [5.41, 5.74) is 2.57. The molecule has 0 saturated carbocycles. The van der Waals surface area contributed by atoms with Crippen molar-refractivity contribution in [3.05, 3.63) is 35.4 Å². The second kappa shape index (κ2) is 9.74. The number of hydrogen-bond donors (Lipinski definition) is 2. The molecule has 1 aromatic carbocycles. The molecule has 2 atom stereocenters. The zero-order valence-electron chi connectivity index (χ0n) is 17.2. The van der Waals surface area contributed by atoms with E-state index >= 15 is 0 Å². The van der Waals surface area contributed by atoms with Crippen molar-refractivity contribution in [1.29, 1.82) is 0 Å². The highest BCUT2D eigenvalue weighted by molar-refractivity contribution is 7.91. The van der Waals surface area contributed by atoms with E-state index < -0.39 is 9.84 Å². The number of guanidine groups is 1. The van der Waals surface area contributed by atoms with Gasteiger partial charge in [-0.1, -0.05) is 31.2 Å². The number of likely N-dealkylation sites (tertiary alicyclic amines) is 1. The van der Waals surface area contributed by atoms with Crippen LogP contribution in [0.3, 0.4) is 0 Å². The topological polar surface area (TPSA) is 73.8 Å². The fourth-order valence-corrected chi connectivity index (χ4v) is 5.80. The fraction of sp³-hybridized carbons (Fsp3) is 0.667. The van der Waals surface area contributed by atoms with Crippen molar-refractivity contribution >= 4 is 15.8 Å². The Bertz CT molecular complexity index is 778. The summed E-state index contributed by atoms with van der Waals surface area (Å²) in [6, 6.07) is 8.47. The lowest BCUT2D eigenvalue weighted by atomic mass is 9.99. The van der Waals surface area contributed by atoms with Gasteiger partial charge in [0.05, 0.1) is 18.1 Å². The molecule has 0 aliphatic carbocycles. The molecule has 2 aliphatic heterocycles. The molecule has 2 heterocycles. The van der Waals surface area contributed by atoms with E-state index in [2.05, 4.69) is 46.7 Å². The average Bonchev–Trinajstić information content (AvgIpc) is 2.99. The SMILES string of the molecule is CCNC(=NCc1ccccc1CN1CCCC(C)C1)NC1CCS(=O)(=O)C1. The maximum absolute atomic E-state index is 11.7. The monoisotopic (exact) mass is 406 g/mol. The minimum atomic E-state index is -2.90. The van der Waals surface area contributed by atoms with Gasteiger partial charge in [-0.25, -0.2) is 13.4 Å². The van der Waals surface area contributed by atoms with Gasteiger partial charge in [-0.2, -0.15) is 0 Å². The van der Waals surface area contributed by atoms with Crippen molar-refractivity contribution in [3.8, 4) is 0 Å². The normalized spacial score (nSPS) is 25.6. The summed E-state index contributed by atoms with van der Waals surface area (Å²) in [5, 5.41) is 6.55. The van der Waals surface area contributed by atoms with Crippen LogP contribution in [0.15, 0.2) is 29.3 Å². The summed E-state index contributed by atoms with van der Waals surface area (Å²) in [5.74, 6) is 1.93. The molecule has 0 aromatic heterocycles. The Hall–Kier alpha value is -1.60. The van der Waals surface area contributed by atoms with Crippen LogP contribution in [-0.2, 0) is 22.9 Å². The quantitative estimate of drug-likeness (QED) is 0.559. The molecule has 2 fully saturated rings. The number of nitrogens with zero attached hydrogens (tertiary/aromatic N) is 2. The highest BCUT2D eigenvalue weighted by Gasteiger charge is 2.28. The highest BCUT2D eigenvalue weighted by Crippen LogP contribution is 2.20. The van der Waals surface area contributed by atoms with Crippen LogP contribution < -0.4 is 10.6 Å². The van der Waals surface area contributed by atoms with E-state index in [-0.39, 0.29) is 17.5 Å². The maximum atomic E-state index is 11.7. The van der Waals surface area contributed by atoms with Gasteiger partial charge in [-0.15, -0.1) is 0 Å². The van der Waals surface area contributed by atoms with Crippen molar-refractivity contribution in [2.24, 2.45) is 10.9 Å². The van der Waals surface area contributed by atoms with Crippen LogP contribution in [0, 0.1) is 5.92 Å². The highest BCUT2D eigenvalue weighted by atomic mass is 32.2. The summed E-state index contributed by atoms with van der Waals surface area (Å²) in [7, 11) is -2.90.